The van der Waals surface area contributed by atoms with Gasteiger partial charge >= 0.3 is 0 Å². The molecule has 0 aliphatic heterocycles. The molecule has 32 heavy (non-hydrogen) atoms. The van der Waals surface area contributed by atoms with Crippen LogP contribution < -0.4 is 5.43 Å². The highest BCUT2D eigenvalue weighted by atomic mass is 15.3. The van der Waals surface area contributed by atoms with Crippen LogP contribution in [-0.2, 0) is 6.42 Å². The molecule has 1 N–H and O–H groups in total. The van der Waals surface area contributed by atoms with Crippen molar-refractivity contribution in [3.05, 3.63) is 126 Å². The number of benzene rings is 5. The Kier molecular flexibility index (Phi) is 4.54. The second-order valence-electron chi connectivity index (χ2n) is 8.18. The summed E-state index contributed by atoms with van der Waals surface area (Å²) in [6, 6.07) is 38.5. The molecule has 0 atom stereocenters. The quantitative estimate of drug-likeness (QED) is 0.236. The van der Waals surface area contributed by atoms with Crippen molar-refractivity contribution in [2.24, 2.45) is 5.10 Å². The number of anilines is 1. The average Bonchev–Trinajstić information content (AvgIpc) is 3.23. The molecule has 0 saturated heterocycles. The van der Waals surface area contributed by atoms with Crippen LogP contribution >= 0.6 is 0 Å². The summed E-state index contributed by atoms with van der Waals surface area (Å²) in [5.41, 5.74) is 13.3. The molecule has 5 aromatic carbocycles. The van der Waals surface area contributed by atoms with E-state index in [-0.39, 0.29) is 0 Å². The fourth-order valence-electron chi connectivity index (χ4n) is 4.70. The van der Waals surface area contributed by atoms with Crippen LogP contribution in [0.1, 0.15) is 16.7 Å². The van der Waals surface area contributed by atoms with Crippen molar-refractivity contribution in [2.75, 3.05) is 5.43 Å². The number of hydrazone groups is 1. The molecule has 6 rings (SSSR count). The molecular weight excluding hydrogens is 388 g/mol. The van der Waals surface area contributed by atoms with Gasteiger partial charge in [-0.15, -0.1) is 0 Å². The smallest absolute Gasteiger partial charge is 0.0568 e. The van der Waals surface area contributed by atoms with Crippen LogP contribution in [0.5, 0.6) is 0 Å². The maximum Gasteiger partial charge on any atom is 0.0568 e. The second-order valence-corrected chi connectivity index (χ2v) is 8.18. The van der Waals surface area contributed by atoms with Crippen LogP contribution in [0.3, 0.4) is 0 Å². The van der Waals surface area contributed by atoms with E-state index in [4.69, 9.17) is 0 Å². The Labute approximate surface area is 187 Å². The summed E-state index contributed by atoms with van der Waals surface area (Å²) < 4.78 is 0. The van der Waals surface area contributed by atoms with Crippen LogP contribution in [0.15, 0.2) is 114 Å². The maximum atomic E-state index is 4.56. The fourth-order valence-corrected chi connectivity index (χ4v) is 4.70. The van der Waals surface area contributed by atoms with Crippen molar-refractivity contribution in [2.45, 2.75) is 6.42 Å². The van der Waals surface area contributed by atoms with E-state index in [0.29, 0.717) is 0 Å². The summed E-state index contributed by atoms with van der Waals surface area (Å²) in [5.74, 6) is 0. The van der Waals surface area contributed by atoms with E-state index in [0.717, 1.165) is 17.7 Å². The van der Waals surface area contributed by atoms with Crippen LogP contribution in [-0.4, -0.2) is 6.21 Å². The molecule has 0 amide bonds. The minimum atomic E-state index is 0.975. The molecule has 0 radical (unpaired) electrons. The first kappa shape index (κ1) is 18.6. The normalized spacial score (nSPS) is 12.1. The summed E-state index contributed by atoms with van der Waals surface area (Å²) in [5, 5.41) is 6.99. The molecular formula is C30H22N2. The Morgan fingerprint density at radius 2 is 1.28 bits per heavy atom. The molecule has 5 aromatic rings. The first-order valence-corrected chi connectivity index (χ1v) is 10.9. The zero-order chi connectivity index (χ0) is 21.3. The molecule has 152 valence electrons. The molecule has 2 heteroatoms. The van der Waals surface area contributed by atoms with E-state index < -0.39 is 0 Å². The van der Waals surface area contributed by atoms with Gasteiger partial charge in [-0.05, 0) is 62.7 Å². The molecule has 1 aliphatic rings. The van der Waals surface area contributed by atoms with Gasteiger partial charge in [-0.25, -0.2) is 0 Å². The minimum absolute atomic E-state index is 0.975. The van der Waals surface area contributed by atoms with Crippen molar-refractivity contribution in [1.29, 1.82) is 0 Å². The van der Waals surface area contributed by atoms with Gasteiger partial charge in [-0.1, -0.05) is 97.1 Å². The molecule has 0 unspecified atom stereocenters. The molecule has 0 spiro atoms. The van der Waals surface area contributed by atoms with Crippen LogP contribution in [0.2, 0.25) is 0 Å². The predicted octanol–water partition coefficient (Wildman–Crippen LogP) is 7.52. The van der Waals surface area contributed by atoms with Gasteiger partial charge in [-0.3, -0.25) is 5.43 Å². The largest absolute Gasteiger partial charge is 0.278 e. The third-order valence-corrected chi connectivity index (χ3v) is 6.25. The molecule has 0 heterocycles. The number of rotatable bonds is 4. The Morgan fingerprint density at radius 1 is 0.594 bits per heavy atom. The Hall–Kier alpha value is -4.17. The molecule has 0 saturated carbocycles. The van der Waals surface area contributed by atoms with Gasteiger partial charge in [-0.2, -0.15) is 5.10 Å². The van der Waals surface area contributed by atoms with E-state index in [1.54, 1.807) is 0 Å². The summed E-state index contributed by atoms with van der Waals surface area (Å²) in [7, 11) is 0. The molecule has 0 aromatic heterocycles. The highest BCUT2D eigenvalue weighted by molar-refractivity contribution is 5.94. The van der Waals surface area contributed by atoms with Gasteiger partial charge in [0.05, 0.1) is 11.9 Å². The summed E-state index contributed by atoms with van der Waals surface area (Å²) in [6.07, 6.45) is 2.90. The van der Waals surface area contributed by atoms with Crippen molar-refractivity contribution in [3.63, 3.8) is 0 Å². The number of nitrogens with one attached hydrogen (secondary N) is 1. The predicted molar refractivity (Wildman–Crippen MR) is 135 cm³/mol. The van der Waals surface area contributed by atoms with Gasteiger partial charge in [0.15, 0.2) is 0 Å². The van der Waals surface area contributed by atoms with E-state index in [1.807, 2.05) is 6.21 Å². The van der Waals surface area contributed by atoms with Crippen molar-refractivity contribution in [1.82, 2.24) is 0 Å². The zero-order valence-electron chi connectivity index (χ0n) is 17.6. The summed E-state index contributed by atoms with van der Waals surface area (Å²) >= 11 is 0. The zero-order valence-corrected chi connectivity index (χ0v) is 17.6. The van der Waals surface area contributed by atoms with Crippen molar-refractivity contribution in [3.8, 4) is 22.3 Å². The Morgan fingerprint density at radius 3 is 2.19 bits per heavy atom. The lowest BCUT2D eigenvalue weighted by molar-refractivity contribution is 1.26. The molecule has 1 aliphatic carbocycles. The van der Waals surface area contributed by atoms with Crippen molar-refractivity contribution < 1.29 is 0 Å². The van der Waals surface area contributed by atoms with Gasteiger partial charge in [0, 0.05) is 5.56 Å². The molecule has 2 nitrogen and oxygen atoms in total. The molecule has 0 fully saturated rings. The highest BCUT2D eigenvalue weighted by Crippen LogP contribution is 2.41. The van der Waals surface area contributed by atoms with Crippen LogP contribution in [0, 0.1) is 0 Å². The van der Waals surface area contributed by atoms with E-state index in [9.17, 15) is 0 Å². The van der Waals surface area contributed by atoms with Gasteiger partial charge in [0.2, 0.25) is 0 Å². The van der Waals surface area contributed by atoms with Crippen LogP contribution in [0.25, 0.3) is 33.0 Å². The van der Waals surface area contributed by atoms with Gasteiger partial charge in [0.25, 0.3) is 0 Å². The minimum Gasteiger partial charge on any atom is -0.278 e. The third kappa shape index (κ3) is 3.27. The summed E-state index contributed by atoms with van der Waals surface area (Å²) in [6.45, 7) is 0. The first-order chi connectivity index (χ1) is 15.9. The number of hydrogen-bond donors (Lipinski definition) is 1. The monoisotopic (exact) mass is 410 g/mol. The number of nitrogens with zero attached hydrogens (tertiary/aromatic N) is 1. The van der Waals surface area contributed by atoms with E-state index in [1.165, 1.54) is 44.2 Å². The summed E-state index contributed by atoms with van der Waals surface area (Å²) in [4.78, 5) is 0. The average molecular weight is 411 g/mol. The third-order valence-electron chi connectivity index (χ3n) is 6.25. The number of fused-ring (bicyclic) bond motifs is 4. The van der Waals surface area contributed by atoms with Gasteiger partial charge < -0.3 is 0 Å². The number of hydrogen-bond acceptors (Lipinski definition) is 2. The van der Waals surface area contributed by atoms with Gasteiger partial charge in [0.1, 0.15) is 0 Å². The fraction of sp³-hybridized carbons (Fsp3) is 0.0333. The van der Waals surface area contributed by atoms with E-state index in [2.05, 4.69) is 120 Å². The Bertz CT molecular complexity index is 1480. The van der Waals surface area contributed by atoms with E-state index >= 15 is 0 Å². The van der Waals surface area contributed by atoms with Crippen molar-refractivity contribution >= 4 is 22.7 Å². The second kappa shape index (κ2) is 7.82. The Balaban J connectivity index is 1.33. The lowest BCUT2D eigenvalue weighted by atomic mass is 9.93. The SMILES string of the molecule is C(=N\Nc1ccc2ccccc2c1)/c1ccccc1-c1cccc2c1Cc1ccccc1-2. The lowest BCUT2D eigenvalue weighted by Gasteiger charge is -2.11. The topological polar surface area (TPSA) is 24.4 Å². The maximum absolute atomic E-state index is 4.56. The lowest BCUT2D eigenvalue weighted by Crippen LogP contribution is -1.95. The standard InChI is InChI=1S/C30H22N2/c1-2-9-22-18-25(17-16-21(22)8-1)32-31-20-24-11-4-6-13-27(24)29-15-7-14-28-26-12-5-3-10-23(26)19-30(28)29/h1-18,20,32H,19H2/b31-20+. The molecule has 0 bridgehead atoms. The highest BCUT2D eigenvalue weighted by Gasteiger charge is 2.21. The first-order valence-electron chi connectivity index (χ1n) is 10.9. The van der Waals surface area contributed by atoms with Crippen LogP contribution in [0.4, 0.5) is 5.69 Å².